The molecular formula is C14H25NO. The van der Waals surface area contributed by atoms with Crippen molar-refractivity contribution in [3.63, 3.8) is 0 Å². The zero-order valence-electron chi connectivity index (χ0n) is 10.5. The molecule has 4 atom stereocenters. The zero-order valence-corrected chi connectivity index (χ0v) is 10.5. The summed E-state index contributed by atoms with van der Waals surface area (Å²) in [4.78, 5) is 12.0. The van der Waals surface area contributed by atoms with Crippen LogP contribution in [0.1, 0.15) is 58.3 Å². The molecule has 0 aromatic carbocycles. The van der Waals surface area contributed by atoms with Crippen molar-refractivity contribution in [1.29, 1.82) is 0 Å². The summed E-state index contributed by atoms with van der Waals surface area (Å²) < 4.78 is 0. The van der Waals surface area contributed by atoms with Crippen LogP contribution in [0.15, 0.2) is 0 Å². The molecule has 2 saturated carbocycles. The van der Waals surface area contributed by atoms with Gasteiger partial charge in [-0.1, -0.05) is 26.2 Å². The molecule has 2 N–H and O–H groups in total. The van der Waals surface area contributed by atoms with Crippen LogP contribution >= 0.6 is 0 Å². The third-order valence-corrected chi connectivity index (χ3v) is 4.63. The van der Waals surface area contributed by atoms with E-state index in [9.17, 15) is 4.79 Å². The first kappa shape index (κ1) is 12.1. The van der Waals surface area contributed by atoms with Crippen molar-refractivity contribution in [1.82, 2.24) is 0 Å². The van der Waals surface area contributed by atoms with Gasteiger partial charge in [0.1, 0.15) is 5.78 Å². The Hall–Kier alpha value is -0.370. The van der Waals surface area contributed by atoms with Crippen LogP contribution < -0.4 is 5.73 Å². The number of ketones is 1. The van der Waals surface area contributed by atoms with E-state index in [1.54, 1.807) is 0 Å². The molecule has 0 aliphatic heterocycles. The molecule has 2 rings (SSSR count). The number of rotatable bonds is 6. The predicted molar refractivity (Wildman–Crippen MR) is 66.1 cm³/mol. The summed E-state index contributed by atoms with van der Waals surface area (Å²) in [6, 6.07) is -0.181. The van der Waals surface area contributed by atoms with Crippen LogP contribution in [0.5, 0.6) is 0 Å². The maximum Gasteiger partial charge on any atom is 0.149 e. The Morgan fingerprint density at radius 1 is 1.38 bits per heavy atom. The van der Waals surface area contributed by atoms with Crippen LogP contribution in [0.4, 0.5) is 0 Å². The molecule has 2 heteroatoms. The van der Waals surface area contributed by atoms with Crippen molar-refractivity contribution in [3.8, 4) is 0 Å². The minimum atomic E-state index is -0.181. The average Bonchev–Trinajstić information content (AvgIpc) is 2.87. The summed E-state index contributed by atoms with van der Waals surface area (Å²) in [5.74, 6) is 2.80. The van der Waals surface area contributed by atoms with Crippen LogP contribution in [-0.4, -0.2) is 11.8 Å². The molecule has 0 radical (unpaired) electrons. The van der Waals surface area contributed by atoms with Crippen LogP contribution in [0.3, 0.4) is 0 Å². The van der Waals surface area contributed by atoms with Crippen molar-refractivity contribution in [2.75, 3.05) is 0 Å². The number of carbonyl (C=O) groups excluding carboxylic acids is 1. The molecule has 16 heavy (non-hydrogen) atoms. The minimum absolute atomic E-state index is 0.181. The molecule has 0 aromatic rings. The highest BCUT2D eigenvalue weighted by Crippen LogP contribution is 2.49. The largest absolute Gasteiger partial charge is 0.322 e. The summed E-state index contributed by atoms with van der Waals surface area (Å²) in [6.45, 7) is 2.15. The van der Waals surface area contributed by atoms with E-state index >= 15 is 0 Å². The first-order chi connectivity index (χ1) is 7.70. The van der Waals surface area contributed by atoms with Gasteiger partial charge in [-0.25, -0.2) is 0 Å². The molecular weight excluding hydrogens is 198 g/mol. The standard InChI is InChI=1S/C14H25NO/c1-2-3-4-13(15)14(16)9-12-8-10-5-6-11(12)7-10/h10-13H,2-9,15H2,1H3. The first-order valence-corrected chi connectivity index (χ1v) is 6.99. The molecule has 2 bridgehead atoms. The van der Waals surface area contributed by atoms with Gasteiger partial charge in [0, 0.05) is 6.42 Å². The monoisotopic (exact) mass is 223 g/mol. The second kappa shape index (κ2) is 5.31. The van der Waals surface area contributed by atoms with Crippen molar-refractivity contribution in [3.05, 3.63) is 0 Å². The number of hydrogen-bond acceptors (Lipinski definition) is 2. The van der Waals surface area contributed by atoms with Gasteiger partial charge in [-0.05, 0) is 43.4 Å². The summed E-state index contributed by atoms with van der Waals surface area (Å²) in [5.41, 5.74) is 5.93. The molecule has 0 aromatic heterocycles. The highest BCUT2D eigenvalue weighted by molar-refractivity contribution is 5.84. The van der Waals surface area contributed by atoms with Gasteiger partial charge in [0.05, 0.1) is 6.04 Å². The Morgan fingerprint density at radius 2 is 2.19 bits per heavy atom. The van der Waals surface area contributed by atoms with Gasteiger partial charge >= 0.3 is 0 Å². The van der Waals surface area contributed by atoms with Crippen LogP contribution in [0.2, 0.25) is 0 Å². The molecule has 0 amide bonds. The average molecular weight is 223 g/mol. The first-order valence-electron chi connectivity index (χ1n) is 6.99. The lowest BCUT2D eigenvalue weighted by Gasteiger charge is -2.22. The highest BCUT2D eigenvalue weighted by Gasteiger charge is 2.40. The Kier molecular flexibility index (Phi) is 4.01. The molecule has 92 valence electrons. The van der Waals surface area contributed by atoms with Gasteiger partial charge in [-0.3, -0.25) is 4.79 Å². The van der Waals surface area contributed by atoms with Gasteiger partial charge in [-0.15, -0.1) is 0 Å². The van der Waals surface area contributed by atoms with Crippen LogP contribution in [-0.2, 0) is 4.79 Å². The summed E-state index contributed by atoms with van der Waals surface area (Å²) >= 11 is 0. The van der Waals surface area contributed by atoms with E-state index in [1.165, 1.54) is 25.7 Å². The number of carbonyl (C=O) groups is 1. The number of nitrogens with two attached hydrogens (primary N) is 1. The quantitative estimate of drug-likeness (QED) is 0.752. The molecule has 2 aliphatic rings. The summed E-state index contributed by atoms with van der Waals surface area (Å²) in [7, 11) is 0. The number of hydrogen-bond donors (Lipinski definition) is 1. The highest BCUT2D eigenvalue weighted by atomic mass is 16.1. The predicted octanol–water partition coefficient (Wildman–Crippen LogP) is 2.90. The van der Waals surface area contributed by atoms with E-state index in [-0.39, 0.29) is 6.04 Å². The third-order valence-electron chi connectivity index (χ3n) is 4.63. The molecule has 0 heterocycles. The Bertz CT molecular complexity index is 251. The maximum absolute atomic E-state index is 12.0. The summed E-state index contributed by atoms with van der Waals surface area (Å²) in [6.07, 6.45) is 9.35. The van der Waals surface area contributed by atoms with Gasteiger partial charge in [-0.2, -0.15) is 0 Å². The molecule has 4 unspecified atom stereocenters. The fraction of sp³-hybridized carbons (Fsp3) is 0.929. The summed E-state index contributed by atoms with van der Waals surface area (Å²) in [5, 5.41) is 0. The van der Waals surface area contributed by atoms with E-state index in [0.29, 0.717) is 11.7 Å². The Morgan fingerprint density at radius 3 is 2.75 bits per heavy atom. The zero-order chi connectivity index (χ0) is 11.5. The lowest BCUT2D eigenvalue weighted by molar-refractivity contribution is -0.121. The second-order valence-corrected chi connectivity index (χ2v) is 5.85. The lowest BCUT2D eigenvalue weighted by Crippen LogP contribution is -2.32. The Labute approximate surface area is 99.0 Å². The molecule has 2 aliphatic carbocycles. The fourth-order valence-corrected chi connectivity index (χ4v) is 3.62. The van der Waals surface area contributed by atoms with Gasteiger partial charge in [0.15, 0.2) is 0 Å². The van der Waals surface area contributed by atoms with E-state index in [0.717, 1.165) is 37.5 Å². The fourth-order valence-electron chi connectivity index (χ4n) is 3.62. The lowest BCUT2D eigenvalue weighted by atomic mass is 9.84. The van der Waals surface area contributed by atoms with Crippen LogP contribution in [0, 0.1) is 17.8 Å². The smallest absolute Gasteiger partial charge is 0.149 e. The SMILES string of the molecule is CCCCC(N)C(=O)CC1CC2CCC1C2. The molecule has 2 nitrogen and oxygen atoms in total. The van der Waals surface area contributed by atoms with E-state index in [2.05, 4.69) is 6.92 Å². The number of Topliss-reactive ketones (excluding diaryl/α,β-unsaturated/α-hetero) is 1. The molecule has 2 fully saturated rings. The Balaban J connectivity index is 1.74. The number of fused-ring (bicyclic) bond motifs is 2. The van der Waals surface area contributed by atoms with Crippen LogP contribution in [0.25, 0.3) is 0 Å². The molecule has 0 saturated heterocycles. The van der Waals surface area contributed by atoms with E-state index in [4.69, 9.17) is 5.73 Å². The minimum Gasteiger partial charge on any atom is -0.322 e. The van der Waals surface area contributed by atoms with Crippen molar-refractivity contribution >= 4 is 5.78 Å². The van der Waals surface area contributed by atoms with E-state index in [1.807, 2.05) is 0 Å². The third kappa shape index (κ3) is 2.65. The molecule has 0 spiro atoms. The maximum atomic E-state index is 12.0. The normalized spacial score (nSPS) is 34.2. The topological polar surface area (TPSA) is 43.1 Å². The van der Waals surface area contributed by atoms with Gasteiger partial charge < -0.3 is 5.73 Å². The van der Waals surface area contributed by atoms with Crippen molar-refractivity contribution in [2.24, 2.45) is 23.5 Å². The van der Waals surface area contributed by atoms with Crippen molar-refractivity contribution < 1.29 is 4.79 Å². The van der Waals surface area contributed by atoms with Gasteiger partial charge in [0.2, 0.25) is 0 Å². The number of unbranched alkanes of at least 4 members (excludes halogenated alkanes) is 1. The van der Waals surface area contributed by atoms with Gasteiger partial charge in [0.25, 0.3) is 0 Å². The second-order valence-electron chi connectivity index (χ2n) is 5.85. The van der Waals surface area contributed by atoms with Crippen molar-refractivity contribution in [2.45, 2.75) is 64.3 Å². The van der Waals surface area contributed by atoms with E-state index < -0.39 is 0 Å².